The van der Waals surface area contributed by atoms with Gasteiger partial charge in [0, 0.05) is 10.8 Å². The number of nitrogens with two attached hydrogens (primary N) is 2. The van der Waals surface area contributed by atoms with Crippen LogP contribution in [-0.2, 0) is 9.59 Å². The summed E-state index contributed by atoms with van der Waals surface area (Å²) in [6.07, 6.45) is -0.494. The molecule has 6 heteroatoms. The Morgan fingerprint density at radius 1 is 0.613 bits per heavy atom. The molecule has 186 valence electrons. The second-order valence-corrected chi connectivity index (χ2v) is 12.8. The zero-order valence-electron chi connectivity index (χ0n) is 22.9. The van der Waals surface area contributed by atoms with E-state index in [4.69, 9.17) is 11.5 Å². The van der Waals surface area contributed by atoms with Crippen LogP contribution in [0.4, 0.5) is 0 Å². The standard InChI is InChI=1S/C13H27NO2.C12H25NO2/c1-10(2,9(14)15)11(3,4)12(5,6)13(7,8)16;1-8(14)10(2,3)12(6,7)11(4,5)9(13)15/h16H,1-8H3,(H2,14,15);8,14H,1-7H3,(H2,13,15). The highest BCUT2D eigenvalue weighted by atomic mass is 16.3. The first-order valence-electron chi connectivity index (χ1n) is 11.1. The van der Waals surface area contributed by atoms with E-state index < -0.39 is 33.4 Å². The maximum absolute atomic E-state index is 11.6. The lowest BCUT2D eigenvalue weighted by molar-refractivity contribution is -0.161. The Balaban J connectivity index is 0. The molecule has 0 saturated carbocycles. The van der Waals surface area contributed by atoms with Crippen molar-refractivity contribution in [2.45, 2.75) is 116 Å². The third-order valence-electron chi connectivity index (χ3n) is 10.1. The molecule has 0 fully saturated rings. The zero-order valence-corrected chi connectivity index (χ0v) is 22.9. The van der Waals surface area contributed by atoms with Gasteiger partial charge in [-0.15, -0.1) is 0 Å². The Hall–Kier alpha value is -1.14. The quantitative estimate of drug-likeness (QED) is 0.446. The number of aliphatic hydroxyl groups excluding tert-OH is 1. The molecule has 0 radical (unpaired) electrons. The molecule has 0 heterocycles. The second-order valence-electron chi connectivity index (χ2n) is 12.8. The van der Waals surface area contributed by atoms with Crippen molar-refractivity contribution in [3.63, 3.8) is 0 Å². The van der Waals surface area contributed by atoms with Crippen LogP contribution in [-0.4, -0.2) is 33.7 Å². The van der Waals surface area contributed by atoms with E-state index in [9.17, 15) is 19.8 Å². The molecule has 1 unspecified atom stereocenters. The molecular weight excluding hydrogens is 392 g/mol. The van der Waals surface area contributed by atoms with Gasteiger partial charge in [0.2, 0.25) is 11.8 Å². The molecule has 6 nitrogen and oxygen atoms in total. The molecular formula is C25H52N2O4. The maximum atomic E-state index is 11.6. The van der Waals surface area contributed by atoms with E-state index in [1.807, 2.05) is 83.1 Å². The fourth-order valence-corrected chi connectivity index (χ4v) is 3.49. The van der Waals surface area contributed by atoms with Crippen molar-refractivity contribution in [2.24, 2.45) is 44.0 Å². The van der Waals surface area contributed by atoms with Crippen LogP contribution in [0.1, 0.15) is 104 Å². The van der Waals surface area contributed by atoms with Crippen LogP contribution < -0.4 is 11.5 Å². The number of aliphatic hydroxyl groups is 2. The fraction of sp³-hybridized carbons (Fsp3) is 0.920. The van der Waals surface area contributed by atoms with E-state index >= 15 is 0 Å². The van der Waals surface area contributed by atoms with Crippen molar-refractivity contribution in [1.29, 1.82) is 0 Å². The van der Waals surface area contributed by atoms with Crippen molar-refractivity contribution in [2.75, 3.05) is 0 Å². The van der Waals surface area contributed by atoms with Gasteiger partial charge in [-0.05, 0) is 42.4 Å². The molecule has 0 rings (SSSR count). The molecule has 1 atom stereocenters. The van der Waals surface area contributed by atoms with E-state index in [2.05, 4.69) is 0 Å². The SMILES string of the molecule is CC(C)(O)C(C)(C)C(C)(C)C(C)(C)C(N)=O.CC(O)C(C)(C)C(C)(C)C(C)(C)C(N)=O. The Labute approximate surface area is 191 Å². The molecule has 2 amide bonds. The summed E-state index contributed by atoms with van der Waals surface area (Å²) < 4.78 is 0. The van der Waals surface area contributed by atoms with Gasteiger partial charge in [0.1, 0.15) is 0 Å². The lowest BCUT2D eigenvalue weighted by Crippen LogP contribution is -2.58. The summed E-state index contributed by atoms with van der Waals surface area (Å²) >= 11 is 0. The summed E-state index contributed by atoms with van der Waals surface area (Å²) in [5.41, 5.74) is 7.03. The summed E-state index contributed by atoms with van der Waals surface area (Å²) in [6, 6.07) is 0. The molecule has 31 heavy (non-hydrogen) atoms. The van der Waals surface area contributed by atoms with E-state index in [-0.39, 0.29) is 22.6 Å². The highest BCUT2D eigenvalue weighted by Crippen LogP contribution is 2.56. The van der Waals surface area contributed by atoms with E-state index in [1.54, 1.807) is 20.8 Å². The summed E-state index contributed by atoms with van der Waals surface area (Å²) in [5, 5.41) is 20.1. The van der Waals surface area contributed by atoms with Crippen LogP contribution in [0, 0.1) is 32.5 Å². The molecule has 6 N–H and O–H groups in total. The lowest BCUT2D eigenvalue weighted by Gasteiger charge is -2.55. The summed E-state index contributed by atoms with van der Waals surface area (Å²) in [7, 11) is 0. The molecule has 0 bridgehead atoms. The number of primary amides is 2. The van der Waals surface area contributed by atoms with E-state index in [1.165, 1.54) is 0 Å². The van der Waals surface area contributed by atoms with Crippen molar-refractivity contribution < 1.29 is 19.8 Å². The third-order valence-corrected chi connectivity index (χ3v) is 10.1. The van der Waals surface area contributed by atoms with Gasteiger partial charge in [-0.1, -0.05) is 83.1 Å². The summed E-state index contributed by atoms with van der Waals surface area (Å²) in [4.78, 5) is 23.1. The predicted molar refractivity (Wildman–Crippen MR) is 129 cm³/mol. The first-order chi connectivity index (χ1) is 13.1. The number of amides is 2. The first kappa shape index (κ1) is 32.0. The number of hydrogen-bond donors (Lipinski definition) is 4. The minimum absolute atomic E-state index is 0.332. The number of carbonyl (C=O) groups excluding carboxylic acids is 2. The first-order valence-corrected chi connectivity index (χ1v) is 11.1. The summed E-state index contributed by atoms with van der Waals surface area (Å²) in [5.74, 6) is -0.670. The predicted octanol–water partition coefficient (Wildman–Crippen LogP) is 4.25. The monoisotopic (exact) mass is 444 g/mol. The van der Waals surface area contributed by atoms with E-state index in [0.29, 0.717) is 0 Å². The maximum Gasteiger partial charge on any atom is 0.223 e. The number of carbonyl (C=O) groups is 2. The number of hydrogen-bond acceptors (Lipinski definition) is 4. The van der Waals surface area contributed by atoms with Gasteiger partial charge < -0.3 is 21.7 Å². The molecule has 0 aromatic heterocycles. The average Bonchev–Trinajstić information content (AvgIpc) is 2.52. The van der Waals surface area contributed by atoms with Crippen LogP contribution in [0.3, 0.4) is 0 Å². The minimum Gasteiger partial charge on any atom is -0.393 e. The van der Waals surface area contributed by atoms with Crippen LogP contribution in [0.2, 0.25) is 0 Å². The normalized spacial score (nSPS) is 15.6. The second kappa shape index (κ2) is 9.01. The molecule has 0 saturated heterocycles. The molecule has 0 aromatic carbocycles. The number of rotatable bonds is 8. The smallest absolute Gasteiger partial charge is 0.223 e. The van der Waals surface area contributed by atoms with Gasteiger partial charge in [-0.2, -0.15) is 0 Å². The van der Waals surface area contributed by atoms with Crippen molar-refractivity contribution in [3.05, 3.63) is 0 Å². The van der Waals surface area contributed by atoms with Gasteiger partial charge in [0.25, 0.3) is 0 Å². The zero-order chi connectivity index (χ0) is 26.2. The molecule has 0 aliphatic rings. The molecule has 0 aliphatic heterocycles. The molecule has 0 aromatic rings. The summed E-state index contributed by atoms with van der Waals surface area (Å²) in [6.45, 7) is 28.4. The Morgan fingerprint density at radius 2 is 0.871 bits per heavy atom. The fourth-order valence-electron chi connectivity index (χ4n) is 3.49. The van der Waals surface area contributed by atoms with Crippen molar-refractivity contribution in [1.82, 2.24) is 0 Å². The van der Waals surface area contributed by atoms with Crippen LogP contribution in [0.5, 0.6) is 0 Å². The highest BCUT2D eigenvalue weighted by Gasteiger charge is 2.56. The van der Waals surface area contributed by atoms with Gasteiger partial charge in [0.15, 0.2) is 0 Å². The Bertz CT molecular complexity index is 649. The average molecular weight is 445 g/mol. The minimum atomic E-state index is -0.886. The Morgan fingerprint density at radius 3 is 1.06 bits per heavy atom. The van der Waals surface area contributed by atoms with Gasteiger partial charge in [-0.3, -0.25) is 9.59 Å². The highest BCUT2D eigenvalue weighted by molar-refractivity contribution is 5.81. The van der Waals surface area contributed by atoms with Crippen LogP contribution in [0.15, 0.2) is 0 Å². The molecule has 0 spiro atoms. The van der Waals surface area contributed by atoms with Crippen LogP contribution in [0.25, 0.3) is 0 Å². The topological polar surface area (TPSA) is 127 Å². The van der Waals surface area contributed by atoms with Gasteiger partial charge >= 0.3 is 0 Å². The van der Waals surface area contributed by atoms with E-state index in [0.717, 1.165) is 0 Å². The van der Waals surface area contributed by atoms with Crippen LogP contribution >= 0.6 is 0 Å². The third kappa shape index (κ3) is 5.44. The Kier molecular flexibility index (Phi) is 9.31. The van der Waals surface area contributed by atoms with Crippen molar-refractivity contribution in [3.8, 4) is 0 Å². The van der Waals surface area contributed by atoms with Gasteiger partial charge in [0.05, 0.1) is 11.7 Å². The largest absolute Gasteiger partial charge is 0.393 e. The molecule has 0 aliphatic carbocycles. The lowest BCUT2D eigenvalue weighted by atomic mass is 9.50. The van der Waals surface area contributed by atoms with Crippen molar-refractivity contribution >= 4 is 11.8 Å². The van der Waals surface area contributed by atoms with Gasteiger partial charge in [-0.25, -0.2) is 0 Å².